The van der Waals surface area contributed by atoms with Crippen LogP contribution in [0.15, 0.2) is 29.3 Å². The van der Waals surface area contributed by atoms with Gasteiger partial charge in [-0.15, -0.1) is 0 Å². The molecular weight excluding hydrogens is 276 g/mol. The molecule has 5 heteroatoms. The number of nitrogens with one attached hydrogen (secondary N) is 3. The Labute approximate surface area is 132 Å². The molecule has 1 aliphatic carbocycles. The van der Waals surface area contributed by atoms with Gasteiger partial charge in [0.25, 0.3) is 0 Å². The Morgan fingerprint density at radius 1 is 1.32 bits per heavy atom. The molecule has 2 atom stereocenters. The number of guanidine groups is 1. The van der Waals surface area contributed by atoms with Crippen molar-refractivity contribution < 1.29 is 4.79 Å². The van der Waals surface area contributed by atoms with E-state index in [-0.39, 0.29) is 5.91 Å². The van der Waals surface area contributed by atoms with Crippen LogP contribution in [0.1, 0.15) is 38.7 Å². The van der Waals surface area contributed by atoms with Crippen LogP contribution in [0.2, 0.25) is 0 Å². The Morgan fingerprint density at radius 3 is 2.55 bits per heavy atom. The van der Waals surface area contributed by atoms with Crippen LogP contribution in [-0.4, -0.2) is 25.0 Å². The number of hydrogen-bond acceptors (Lipinski definition) is 2. The van der Waals surface area contributed by atoms with Gasteiger partial charge in [-0.3, -0.25) is 9.79 Å². The van der Waals surface area contributed by atoms with Gasteiger partial charge in [0, 0.05) is 31.7 Å². The lowest BCUT2D eigenvalue weighted by molar-refractivity contribution is -0.116. The zero-order valence-corrected chi connectivity index (χ0v) is 13.6. The molecule has 1 fully saturated rings. The summed E-state index contributed by atoms with van der Waals surface area (Å²) >= 11 is 0. The summed E-state index contributed by atoms with van der Waals surface area (Å²) in [5.74, 6) is 1.65. The number of carbonyl (C=O) groups excluding carboxylic acids is 1. The summed E-state index contributed by atoms with van der Waals surface area (Å²) < 4.78 is 0. The van der Waals surface area contributed by atoms with E-state index in [1.807, 2.05) is 31.2 Å². The lowest BCUT2D eigenvalue weighted by atomic mass is 10.2. The van der Waals surface area contributed by atoms with Gasteiger partial charge in [0.1, 0.15) is 0 Å². The molecule has 1 aliphatic rings. The van der Waals surface area contributed by atoms with E-state index in [0.29, 0.717) is 19.0 Å². The van der Waals surface area contributed by atoms with Gasteiger partial charge >= 0.3 is 0 Å². The Morgan fingerprint density at radius 2 is 2.00 bits per heavy atom. The van der Waals surface area contributed by atoms with Crippen molar-refractivity contribution in [2.45, 2.75) is 45.7 Å². The monoisotopic (exact) mass is 302 g/mol. The molecule has 1 amide bonds. The highest BCUT2D eigenvalue weighted by Crippen LogP contribution is 2.28. The maximum absolute atomic E-state index is 11.5. The van der Waals surface area contributed by atoms with Crippen molar-refractivity contribution in [3.63, 3.8) is 0 Å². The van der Waals surface area contributed by atoms with E-state index in [0.717, 1.165) is 29.5 Å². The van der Waals surface area contributed by atoms with Crippen molar-refractivity contribution in [1.29, 1.82) is 0 Å². The predicted molar refractivity (Wildman–Crippen MR) is 90.9 cm³/mol. The van der Waals surface area contributed by atoms with E-state index in [1.54, 1.807) is 7.05 Å². The average molecular weight is 302 g/mol. The van der Waals surface area contributed by atoms with Gasteiger partial charge in [-0.1, -0.05) is 26.0 Å². The largest absolute Gasteiger partial charge is 0.353 e. The molecule has 120 valence electrons. The summed E-state index contributed by atoms with van der Waals surface area (Å²) in [6.45, 7) is 4.94. The normalized spacial score (nSPS) is 20.4. The zero-order valence-electron chi connectivity index (χ0n) is 13.6. The second-order valence-corrected chi connectivity index (χ2v) is 5.88. The third-order valence-corrected chi connectivity index (χ3v) is 3.83. The van der Waals surface area contributed by atoms with E-state index >= 15 is 0 Å². The lowest BCUT2D eigenvalue weighted by Gasteiger charge is -2.12. The van der Waals surface area contributed by atoms with Crippen LogP contribution < -0.4 is 16.0 Å². The fourth-order valence-corrected chi connectivity index (χ4v) is 2.24. The zero-order chi connectivity index (χ0) is 15.9. The fraction of sp³-hybridized carbons (Fsp3) is 0.529. The molecular formula is C17H26N4O. The van der Waals surface area contributed by atoms with E-state index in [4.69, 9.17) is 0 Å². The Balaban J connectivity index is 1.79. The fourth-order valence-electron chi connectivity index (χ4n) is 2.24. The summed E-state index contributed by atoms with van der Waals surface area (Å²) in [5.41, 5.74) is 2.00. The lowest BCUT2D eigenvalue weighted by Crippen LogP contribution is -2.38. The smallest absolute Gasteiger partial charge is 0.224 e. The van der Waals surface area contributed by atoms with E-state index in [9.17, 15) is 4.79 Å². The summed E-state index contributed by atoms with van der Waals surface area (Å²) in [5, 5.41) is 9.59. The molecule has 3 N–H and O–H groups in total. The second-order valence-electron chi connectivity index (χ2n) is 5.88. The summed E-state index contributed by atoms with van der Waals surface area (Å²) in [6, 6.07) is 8.46. The molecule has 0 spiro atoms. The number of rotatable bonds is 6. The first-order valence-electron chi connectivity index (χ1n) is 7.98. The Bertz CT molecular complexity index is 524. The van der Waals surface area contributed by atoms with Crippen molar-refractivity contribution in [1.82, 2.24) is 10.6 Å². The third kappa shape index (κ3) is 5.06. The molecule has 0 aromatic heterocycles. The van der Waals surface area contributed by atoms with Crippen molar-refractivity contribution in [2.24, 2.45) is 10.9 Å². The van der Waals surface area contributed by atoms with Gasteiger partial charge < -0.3 is 16.0 Å². The Hall–Kier alpha value is -2.04. The number of amides is 1. The summed E-state index contributed by atoms with van der Waals surface area (Å²) in [7, 11) is 1.79. The molecule has 1 aromatic carbocycles. The van der Waals surface area contributed by atoms with Gasteiger partial charge in [-0.2, -0.15) is 0 Å². The van der Waals surface area contributed by atoms with Crippen LogP contribution in [0, 0.1) is 5.92 Å². The third-order valence-electron chi connectivity index (χ3n) is 3.83. The first-order chi connectivity index (χ1) is 10.6. The molecule has 1 saturated carbocycles. The minimum atomic E-state index is 0.0662. The highest BCUT2D eigenvalue weighted by Gasteiger charge is 2.33. The molecule has 22 heavy (non-hydrogen) atoms. The molecule has 0 saturated heterocycles. The number of benzene rings is 1. The van der Waals surface area contributed by atoms with Crippen LogP contribution in [0.5, 0.6) is 0 Å². The van der Waals surface area contributed by atoms with E-state index in [2.05, 4.69) is 27.9 Å². The minimum absolute atomic E-state index is 0.0662. The standard InChI is InChI=1S/C17H26N4O/c1-4-5-16(22)20-14-8-6-13(7-9-14)11-19-17(18-3)21-15-10-12(15)2/h6-9,12,15H,4-5,10-11H2,1-3H3,(H,20,22)(H2,18,19,21). The number of aliphatic imine (C=N–C) groups is 1. The van der Waals surface area contributed by atoms with Crippen LogP contribution in [-0.2, 0) is 11.3 Å². The Kier molecular flexibility index (Phi) is 5.81. The topological polar surface area (TPSA) is 65.5 Å². The van der Waals surface area contributed by atoms with Crippen molar-refractivity contribution in [2.75, 3.05) is 12.4 Å². The summed E-state index contributed by atoms with van der Waals surface area (Å²) in [6.07, 6.45) is 2.64. The van der Waals surface area contributed by atoms with E-state index < -0.39 is 0 Å². The number of nitrogens with zero attached hydrogens (tertiary/aromatic N) is 1. The molecule has 0 bridgehead atoms. The number of carbonyl (C=O) groups is 1. The van der Waals surface area contributed by atoms with Crippen LogP contribution in [0.4, 0.5) is 5.69 Å². The number of hydrogen-bond donors (Lipinski definition) is 3. The van der Waals surface area contributed by atoms with E-state index in [1.165, 1.54) is 6.42 Å². The van der Waals surface area contributed by atoms with Crippen molar-refractivity contribution >= 4 is 17.6 Å². The van der Waals surface area contributed by atoms with Crippen molar-refractivity contribution in [3.8, 4) is 0 Å². The first kappa shape index (κ1) is 16.3. The molecule has 0 aliphatic heterocycles. The predicted octanol–water partition coefficient (Wildman–Crippen LogP) is 2.50. The average Bonchev–Trinajstić information content (AvgIpc) is 3.20. The maximum Gasteiger partial charge on any atom is 0.224 e. The van der Waals surface area contributed by atoms with Crippen LogP contribution in [0.3, 0.4) is 0 Å². The highest BCUT2D eigenvalue weighted by molar-refractivity contribution is 5.90. The van der Waals surface area contributed by atoms with Crippen LogP contribution >= 0.6 is 0 Å². The van der Waals surface area contributed by atoms with Gasteiger partial charge in [0.15, 0.2) is 5.96 Å². The SMILES string of the molecule is CCCC(=O)Nc1ccc(CNC(=NC)NC2CC2C)cc1. The van der Waals surface area contributed by atoms with Crippen LogP contribution in [0.25, 0.3) is 0 Å². The highest BCUT2D eigenvalue weighted by atomic mass is 16.1. The minimum Gasteiger partial charge on any atom is -0.353 e. The van der Waals surface area contributed by atoms with Gasteiger partial charge in [-0.05, 0) is 36.5 Å². The molecule has 2 rings (SSSR count). The molecule has 1 aromatic rings. The van der Waals surface area contributed by atoms with Crippen molar-refractivity contribution in [3.05, 3.63) is 29.8 Å². The first-order valence-corrected chi connectivity index (χ1v) is 7.98. The van der Waals surface area contributed by atoms with Gasteiger partial charge in [-0.25, -0.2) is 0 Å². The van der Waals surface area contributed by atoms with Gasteiger partial charge in [0.2, 0.25) is 5.91 Å². The maximum atomic E-state index is 11.5. The quantitative estimate of drug-likeness (QED) is 0.559. The molecule has 5 nitrogen and oxygen atoms in total. The number of anilines is 1. The van der Waals surface area contributed by atoms with Gasteiger partial charge in [0.05, 0.1) is 0 Å². The summed E-state index contributed by atoms with van der Waals surface area (Å²) in [4.78, 5) is 15.8. The molecule has 2 unspecified atom stereocenters. The molecule has 0 radical (unpaired) electrons. The second kappa shape index (κ2) is 7.82. The molecule has 0 heterocycles.